The molecule has 1 fully saturated rings. The Bertz CT molecular complexity index is 731. The molecule has 0 aromatic carbocycles. The SMILES string of the molecule is CNc1cc(C(=O)N2CCN(Cc3nc[nH]c3C)C[C@H](O)C2)ccn1. The molecule has 0 aliphatic carbocycles. The van der Waals surface area contributed by atoms with E-state index in [2.05, 4.69) is 25.2 Å². The molecule has 3 heterocycles. The van der Waals surface area contributed by atoms with Crippen molar-refractivity contribution >= 4 is 11.7 Å². The summed E-state index contributed by atoms with van der Waals surface area (Å²) in [5, 5.41) is 13.3. The van der Waals surface area contributed by atoms with Gasteiger partial charge in [0, 0.05) is 57.2 Å². The van der Waals surface area contributed by atoms with E-state index in [-0.39, 0.29) is 5.91 Å². The second-order valence-corrected chi connectivity index (χ2v) is 6.29. The largest absolute Gasteiger partial charge is 0.390 e. The van der Waals surface area contributed by atoms with Crippen molar-refractivity contribution < 1.29 is 9.90 Å². The van der Waals surface area contributed by atoms with Crippen molar-refractivity contribution in [1.82, 2.24) is 24.8 Å². The summed E-state index contributed by atoms with van der Waals surface area (Å²) in [6.45, 7) is 4.75. The quantitative estimate of drug-likeness (QED) is 0.746. The van der Waals surface area contributed by atoms with Crippen molar-refractivity contribution in [3.63, 3.8) is 0 Å². The molecule has 8 nitrogen and oxygen atoms in total. The summed E-state index contributed by atoms with van der Waals surface area (Å²) in [5.41, 5.74) is 2.57. The summed E-state index contributed by atoms with van der Waals surface area (Å²) < 4.78 is 0. The molecule has 0 spiro atoms. The van der Waals surface area contributed by atoms with Gasteiger partial charge in [0.1, 0.15) is 5.82 Å². The smallest absolute Gasteiger partial charge is 0.254 e. The molecule has 0 bridgehead atoms. The van der Waals surface area contributed by atoms with E-state index in [1.165, 1.54) is 0 Å². The van der Waals surface area contributed by atoms with E-state index in [0.717, 1.165) is 11.4 Å². The Morgan fingerprint density at radius 2 is 2.24 bits per heavy atom. The lowest BCUT2D eigenvalue weighted by atomic mass is 10.2. The molecule has 3 N–H and O–H groups in total. The van der Waals surface area contributed by atoms with Gasteiger partial charge in [-0.1, -0.05) is 0 Å². The monoisotopic (exact) mass is 344 g/mol. The highest BCUT2D eigenvalue weighted by Crippen LogP contribution is 2.14. The molecule has 2 aromatic heterocycles. The number of β-amino-alcohol motifs (C(OH)–C–C–N with tert-alkyl or cyclic N) is 1. The molecule has 1 atom stereocenters. The number of aliphatic hydroxyl groups excluding tert-OH is 1. The van der Waals surface area contributed by atoms with Crippen molar-refractivity contribution in [3.8, 4) is 0 Å². The van der Waals surface area contributed by atoms with Gasteiger partial charge in [0.05, 0.1) is 18.1 Å². The number of aromatic nitrogens is 3. The predicted molar refractivity (Wildman–Crippen MR) is 94.3 cm³/mol. The van der Waals surface area contributed by atoms with E-state index in [4.69, 9.17) is 0 Å². The fourth-order valence-electron chi connectivity index (χ4n) is 3.02. The molecule has 134 valence electrons. The molecule has 1 aliphatic heterocycles. The lowest BCUT2D eigenvalue weighted by molar-refractivity contribution is 0.0663. The topological polar surface area (TPSA) is 97.4 Å². The van der Waals surface area contributed by atoms with Gasteiger partial charge < -0.3 is 20.3 Å². The third-order valence-electron chi connectivity index (χ3n) is 4.44. The fraction of sp³-hybridized carbons (Fsp3) is 0.471. The van der Waals surface area contributed by atoms with Crippen LogP contribution < -0.4 is 5.32 Å². The number of hydrogen-bond acceptors (Lipinski definition) is 6. The number of carbonyl (C=O) groups is 1. The highest BCUT2D eigenvalue weighted by molar-refractivity contribution is 5.94. The maximum absolute atomic E-state index is 12.8. The van der Waals surface area contributed by atoms with Crippen molar-refractivity contribution in [3.05, 3.63) is 41.6 Å². The number of anilines is 1. The van der Waals surface area contributed by atoms with E-state index in [1.807, 2.05) is 6.92 Å². The molecule has 0 radical (unpaired) electrons. The van der Waals surface area contributed by atoms with Gasteiger partial charge in [0.15, 0.2) is 0 Å². The third kappa shape index (κ3) is 4.15. The predicted octanol–water partition coefficient (Wildman–Crippen LogP) is 0.474. The summed E-state index contributed by atoms with van der Waals surface area (Å²) >= 11 is 0. The van der Waals surface area contributed by atoms with Crippen LogP contribution in [0, 0.1) is 6.92 Å². The Kier molecular flexibility index (Phi) is 5.30. The van der Waals surface area contributed by atoms with Gasteiger partial charge in [0.25, 0.3) is 5.91 Å². The van der Waals surface area contributed by atoms with Crippen molar-refractivity contribution in [2.24, 2.45) is 0 Å². The van der Waals surface area contributed by atoms with Gasteiger partial charge in [-0.3, -0.25) is 9.69 Å². The van der Waals surface area contributed by atoms with Crippen LogP contribution in [0.4, 0.5) is 5.82 Å². The number of rotatable bonds is 4. The first kappa shape index (κ1) is 17.4. The van der Waals surface area contributed by atoms with Gasteiger partial charge >= 0.3 is 0 Å². The number of H-pyrrole nitrogens is 1. The number of imidazole rings is 1. The first-order valence-electron chi connectivity index (χ1n) is 8.39. The average molecular weight is 344 g/mol. The number of aromatic amines is 1. The summed E-state index contributed by atoms with van der Waals surface area (Å²) in [7, 11) is 1.77. The molecule has 25 heavy (non-hydrogen) atoms. The molecular weight excluding hydrogens is 320 g/mol. The lowest BCUT2D eigenvalue weighted by Gasteiger charge is -2.22. The van der Waals surface area contributed by atoms with Crippen LogP contribution in [0.15, 0.2) is 24.7 Å². The minimum Gasteiger partial charge on any atom is -0.390 e. The number of nitrogens with zero attached hydrogens (tertiary/aromatic N) is 4. The van der Waals surface area contributed by atoms with E-state index in [9.17, 15) is 9.90 Å². The summed E-state index contributed by atoms with van der Waals surface area (Å²) in [6, 6.07) is 3.43. The Hall–Kier alpha value is -2.45. The maximum atomic E-state index is 12.8. The standard InChI is InChI=1S/C17H24N6O2/c1-12-15(21-11-20-12)10-22-5-6-23(9-14(24)8-22)17(25)13-3-4-19-16(7-13)18-2/h3-4,7,11,14,24H,5-6,8-10H2,1-2H3,(H,18,19)(H,20,21)/t14-/m0/s1. The van der Waals surface area contributed by atoms with Crippen LogP contribution >= 0.6 is 0 Å². The average Bonchev–Trinajstić information content (AvgIpc) is 2.92. The van der Waals surface area contributed by atoms with Gasteiger partial charge in [-0.05, 0) is 19.1 Å². The third-order valence-corrected chi connectivity index (χ3v) is 4.44. The van der Waals surface area contributed by atoms with E-state index < -0.39 is 6.10 Å². The maximum Gasteiger partial charge on any atom is 0.254 e. The molecular formula is C17H24N6O2. The van der Waals surface area contributed by atoms with Gasteiger partial charge in [0.2, 0.25) is 0 Å². The van der Waals surface area contributed by atoms with Crippen molar-refractivity contribution in [2.45, 2.75) is 19.6 Å². The van der Waals surface area contributed by atoms with E-state index in [1.54, 1.807) is 36.6 Å². The molecule has 3 rings (SSSR count). The zero-order chi connectivity index (χ0) is 17.8. The molecule has 8 heteroatoms. The van der Waals surface area contributed by atoms with Crippen LogP contribution in [-0.4, -0.2) is 75.1 Å². The first-order valence-corrected chi connectivity index (χ1v) is 8.39. The molecule has 0 saturated carbocycles. The number of hydrogen-bond donors (Lipinski definition) is 3. The highest BCUT2D eigenvalue weighted by Gasteiger charge is 2.26. The van der Waals surface area contributed by atoms with E-state index in [0.29, 0.717) is 44.1 Å². The van der Waals surface area contributed by atoms with Crippen LogP contribution in [0.25, 0.3) is 0 Å². The second kappa shape index (κ2) is 7.62. The zero-order valence-corrected chi connectivity index (χ0v) is 14.6. The summed E-state index contributed by atoms with van der Waals surface area (Å²) in [5.74, 6) is 0.563. The van der Waals surface area contributed by atoms with Crippen molar-refractivity contribution in [1.29, 1.82) is 0 Å². The summed E-state index contributed by atoms with van der Waals surface area (Å²) in [6.07, 6.45) is 2.70. The minimum atomic E-state index is -0.587. The van der Waals surface area contributed by atoms with Crippen molar-refractivity contribution in [2.75, 3.05) is 38.5 Å². The van der Waals surface area contributed by atoms with Crippen LogP contribution in [0.3, 0.4) is 0 Å². The number of carbonyl (C=O) groups excluding carboxylic acids is 1. The molecule has 1 amide bonds. The Morgan fingerprint density at radius 3 is 2.96 bits per heavy atom. The highest BCUT2D eigenvalue weighted by atomic mass is 16.3. The van der Waals surface area contributed by atoms with E-state index >= 15 is 0 Å². The van der Waals surface area contributed by atoms with Crippen LogP contribution in [-0.2, 0) is 6.54 Å². The summed E-state index contributed by atoms with van der Waals surface area (Å²) in [4.78, 5) is 28.1. The Morgan fingerprint density at radius 1 is 1.40 bits per heavy atom. The van der Waals surface area contributed by atoms with Crippen LogP contribution in [0.2, 0.25) is 0 Å². The minimum absolute atomic E-state index is 0.0873. The zero-order valence-electron chi connectivity index (χ0n) is 14.6. The van der Waals surface area contributed by atoms with Gasteiger partial charge in [-0.25, -0.2) is 9.97 Å². The molecule has 1 saturated heterocycles. The Balaban J connectivity index is 1.68. The van der Waals surface area contributed by atoms with Crippen LogP contribution in [0.5, 0.6) is 0 Å². The second-order valence-electron chi connectivity index (χ2n) is 6.29. The lowest BCUT2D eigenvalue weighted by Crippen LogP contribution is -2.37. The first-order chi connectivity index (χ1) is 12.1. The number of nitrogens with one attached hydrogen (secondary N) is 2. The fourth-order valence-corrected chi connectivity index (χ4v) is 3.02. The molecule has 0 unspecified atom stereocenters. The number of aryl methyl sites for hydroxylation is 1. The number of pyridine rings is 1. The normalized spacial score (nSPS) is 18.8. The number of aliphatic hydroxyl groups is 1. The van der Waals surface area contributed by atoms with Crippen LogP contribution in [0.1, 0.15) is 21.7 Å². The molecule has 2 aromatic rings. The number of amides is 1. The van der Waals surface area contributed by atoms with Gasteiger partial charge in [-0.15, -0.1) is 0 Å². The van der Waals surface area contributed by atoms with Gasteiger partial charge in [-0.2, -0.15) is 0 Å². The Labute approximate surface area is 146 Å². The molecule has 1 aliphatic rings.